The summed E-state index contributed by atoms with van der Waals surface area (Å²) in [6, 6.07) is 5.70. The zero-order valence-electron chi connectivity index (χ0n) is 21.7. The Kier molecular flexibility index (Phi) is 9.87. The quantitative estimate of drug-likeness (QED) is 0.256. The molecule has 10 nitrogen and oxygen atoms in total. The van der Waals surface area contributed by atoms with Crippen LogP contribution in [0.25, 0.3) is 0 Å². The fourth-order valence-corrected chi connectivity index (χ4v) is 7.26. The number of methoxy groups -OCH3 is 1. The molecule has 3 rings (SSSR count). The summed E-state index contributed by atoms with van der Waals surface area (Å²) in [4.78, 5) is 29.3. The molecule has 2 aliphatic rings. The molecule has 0 atom stereocenters. The van der Waals surface area contributed by atoms with E-state index in [0.29, 0.717) is 51.3 Å². The molecule has 0 radical (unpaired) electrons. The SMILES string of the molecule is CCCCC(=O)c1ccc(N2CCN(S(=O)(=O)C3(C(=O)NO)CCN(CCOC)CC3)CC2)c(C)c1. The van der Waals surface area contributed by atoms with E-state index in [2.05, 4.69) is 16.7 Å². The molecule has 2 heterocycles. The van der Waals surface area contributed by atoms with Crippen LogP contribution in [0.1, 0.15) is 54.9 Å². The lowest BCUT2D eigenvalue weighted by atomic mass is 9.95. The molecular formula is C25H40N4O6S. The zero-order chi connectivity index (χ0) is 26.3. The van der Waals surface area contributed by atoms with E-state index in [1.807, 2.05) is 25.1 Å². The number of piperidine rings is 1. The smallest absolute Gasteiger partial charge is 0.266 e. The number of hydroxylamine groups is 1. The first-order valence-electron chi connectivity index (χ1n) is 12.7. The Morgan fingerprint density at radius 3 is 2.33 bits per heavy atom. The second-order valence-electron chi connectivity index (χ2n) is 9.69. The van der Waals surface area contributed by atoms with Crippen molar-refractivity contribution in [3.8, 4) is 0 Å². The number of carbonyl (C=O) groups is 2. The molecule has 0 spiro atoms. The third kappa shape index (κ3) is 5.91. The highest BCUT2D eigenvalue weighted by atomic mass is 32.2. The minimum absolute atomic E-state index is 0.109. The van der Waals surface area contributed by atoms with Gasteiger partial charge in [0.15, 0.2) is 10.5 Å². The van der Waals surface area contributed by atoms with Gasteiger partial charge in [0, 0.05) is 70.6 Å². The number of hydrogen-bond donors (Lipinski definition) is 2. The van der Waals surface area contributed by atoms with Crippen LogP contribution in [-0.4, -0.2) is 98.8 Å². The Bertz CT molecular complexity index is 1020. The van der Waals surface area contributed by atoms with E-state index in [-0.39, 0.29) is 31.7 Å². The van der Waals surface area contributed by atoms with Gasteiger partial charge in [0.1, 0.15) is 0 Å². The lowest BCUT2D eigenvalue weighted by Crippen LogP contribution is -2.63. The van der Waals surface area contributed by atoms with Crippen LogP contribution >= 0.6 is 0 Å². The molecular weight excluding hydrogens is 484 g/mol. The second kappa shape index (κ2) is 12.5. The lowest BCUT2D eigenvalue weighted by molar-refractivity contribution is -0.133. The van der Waals surface area contributed by atoms with Crippen molar-refractivity contribution < 1.29 is 28.0 Å². The maximum atomic E-state index is 13.8. The Labute approximate surface area is 214 Å². The van der Waals surface area contributed by atoms with Gasteiger partial charge in [0.05, 0.1) is 6.61 Å². The molecule has 36 heavy (non-hydrogen) atoms. The van der Waals surface area contributed by atoms with E-state index in [4.69, 9.17) is 4.74 Å². The van der Waals surface area contributed by atoms with Crippen molar-refractivity contribution in [1.82, 2.24) is 14.7 Å². The van der Waals surface area contributed by atoms with Crippen LogP contribution in [0.4, 0.5) is 5.69 Å². The van der Waals surface area contributed by atoms with Gasteiger partial charge in [-0.25, -0.2) is 13.9 Å². The number of likely N-dealkylation sites (tertiary alicyclic amines) is 1. The molecule has 202 valence electrons. The number of rotatable bonds is 11. The summed E-state index contributed by atoms with van der Waals surface area (Å²) in [7, 11) is -2.40. The molecule has 2 aliphatic heterocycles. The van der Waals surface area contributed by atoms with E-state index in [9.17, 15) is 23.2 Å². The highest BCUT2D eigenvalue weighted by molar-refractivity contribution is 7.91. The number of ether oxygens (including phenoxy) is 1. The molecule has 1 amide bonds. The molecule has 2 saturated heterocycles. The van der Waals surface area contributed by atoms with Gasteiger partial charge >= 0.3 is 0 Å². The number of amides is 1. The third-order valence-corrected chi connectivity index (χ3v) is 10.1. The number of nitrogens with zero attached hydrogens (tertiary/aromatic N) is 3. The van der Waals surface area contributed by atoms with Gasteiger partial charge in [-0.3, -0.25) is 14.8 Å². The number of sulfonamides is 1. The van der Waals surface area contributed by atoms with Gasteiger partial charge in [0.2, 0.25) is 10.0 Å². The van der Waals surface area contributed by atoms with Crippen LogP contribution in [-0.2, 0) is 19.6 Å². The van der Waals surface area contributed by atoms with Gasteiger partial charge in [-0.2, -0.15) is 4.31 Å². The largest absolute Gasteiger partial charge is 0.383 e. The standard InChI is InChI=1S/C25H40N4O6S/c1-4-5-6-23(30)21-7-8-22(20(2)19-21)28-13-15-29(16-14-28)36(33,34)25(24(31)26-32)9-11-27(12-10-25)17-18-35-3/h7-8,19,32H,4-6,9-18H2,1-3H3,(H,26,31). The Balaban J connectivity index is 1.69. The van der Waals surface area contributed by atoms with Crippen molar-refractivity contribution in [3.05, 3.63) is 29.3 Å². The highest BCUT2D eigenvalue weighted by Gasteiger charge is 2.55. The number of ketones is 1. The van der Waals surface area contributed by atoms with Crippen LogP contribution in [0.5, 0.6) is 0 Å². The highest BCUT2D eigenvalue weighted by Crippen LogP contribution is 2.35. The average molecular weight is 525 g/mol. The summed E-state index contributed by atoms with van der Waals surface area (Å²) in [6.45, 7) is 7.50. The van der Waals surface area contributed by atoms with Gasteiger partial charge in [0.25, 0.3) is 5.91 Å². The maximum absolute atomic E-state index is 13.8. The zero-order valence-corrected chi connectivity index (χ0v) is 22.5. The molecule has 0 bridgehead atoms. The Morgan fingerprint density at radius 1 is 1.11 bits per heavy atom. The number of nitrogens with one attached hydrogen (secondary N) is 1. The lowest BCUT2D eigenvalue weighted by Gasteiger charge is -2.44. The Morgan fingerprint density at radius 2 is 1.78 bits per heavy atom. The topological polar surface area (TPSA) is 119 Å². The molecule has 11 heteroatoms. The van der Waals surface area contributed by atoms with Crippen LogP contribution in [0.3, 0.4) is 0 Å². The number of unbranched alkanes of at least 4 members (excludes halogenated alkanes) is 1. The van der Waals surface area contributed by atoms with Crippen LogP contribution in [0.2, 0.25) is 0 Å². The van der Waals surface area contributed by atoms with Crippen LogP contribution in [0.15, 0.2) is 18.2 Å². The van der Waals surface area contributed by atoms with Gasteiger partial charge in [-0.1, -0.05) is 13.3 Å². The summed E-state index contributed by atoms with van der Waals surface area (Å²) in [5, 5.41) is 9.40. The summed E-state index contributed by atoms with van der Waals surface area (Å²) < 4.78 is 32.3. The number of carbonyl (C=O) groups excluding carboxylic acids is 2. The summed E-state index contributed by atoms with van der Waals surface area (Å²) >= 11 is 0. The fourth-order valence-electron chi connectivity index (χ4n) is 5.14. The summed E-state index contributed by atoms with van der Waals surface area (Å²) in [6.07, 6.45) is 2.61. The van der Waals surface area contributed by atoms with Gasteiger partial charge < -0.3 is 14.5 Å². The molecule has 1 aromatic rings. The van der Waals surface area contributed by atoms with Crippen molar-refractivity contribution in [2.75, 3.05) is 64.4 Å². The second-order valence-corrected chi connectivity index (χ2v) is 11.9. The van der Waals surface area contributed by atoms with E-state index in [1.165, 1.54) is 4.31 Å². The van der Waals surface area contributed by atoms with E-state index < -0.39 is 20.7 Å². The molecule has 1 aromatic carbocycles. The van der Waals surface area contributed by atoms with Crippen molar-refractivity contribution in [3.63, 3.8) is 0 Å². The third-order valence-electron chi connectivity index (χ3n) is 7.48. The number of hydrogen-bond acceptors (Lipinski definition) is 8. The maximum Gasteiger partial charge on any atom is 0.266 e. The molecule has 0 aliphatic carbocycles. The summed E-state index contributed by atoms with van der Waals surface area (Å²) in [5.74, 6) is -0.723. The molecule has 0 unspecified atom stereocenters. The Hall–Kier alpha value is -2.05. The van der Waals surface area contributed by atoms with Crippen molar-refractivity contribution in [2.24, 2.45) is 0 Å². The first-order chi connectivity index (χ1) is 17.2. The van der Waals surface area contributed by atoms with Crippen molar-refractivity contribution in [1.29, 1.82) is 0 Å². The molecule has 0 aromatic heterocycles. The number of Topliss-reactive ketones (excluding diaryl/α,β-unsaturated/α-hetero) is 1. The predicted octanol–water partition coefficient (Wildman–Crippen LogP) is 1.81. The molecule has 2 N–H and O–H groups in total. The minimum Gasteiger partial charge on any atom is -0.383 e. The first kappa shape index (κ1) is 28.5. The number of anilines is 1. The summed E-state index contributed by atoms with van der Waals surface area (Å²) in [5.41, 5.74) is 4.29. The number of aryl methyl sites for hydroxylation is 1. The normalized spacial score (nSPS) is 19.3. The monoisotopic (exact) mass is 524 g/mol. The van der Waals surface area contributed by atoms with Crippen molar-refractivity contribution in [2.45, 2.75) is 50.7 Å². The minimum atomic E-state index is -4.01. The van der Waals surface area contributed by atoms with E-state index in [0.717, 1.165) is 24.1 Å². The molecule has 2 fully saturated rings. The number of piperazine rings is 1. The van der Waals surface area contributed by atoms with Crippen LogP contribution < -0.4 is 10.4 Å². The van der Waals surface area contributed by atoms with Crippen LogP contribution in [0, 0.1) is 6.92 Å². The fraction of sp³-hybridized carbons (Fsp3) is 0.680. The predicted molar refractivity (Wildman–Crippen MR) is 138 cm³/mol. The van der Waals surface area contributed by atoms with Gasteiger partial charge in [-0.15, -0.1) is 0 Å². The van der Waals surface area contributed by atoms with E-state index in [1.54, 1.807) is 12.6 Å². The number of benzene rings is 1. The van der Waals surface area contributed by atoms with Gasteiger partial charge in [-0.05, 0) is 49.9 Å². The molecule has 0 saturated carbocycles. The van der Waals surface area contributed by atoms with Crippen molar-refractivity contribution >= 4 is 27.4 Å². The average Bonchev–Trinajstić information content (AvgIpc) is 2.90. The van der Waals surface area contributed by atoms with E-state index >= 15 is 0 Å². The first-order valence-corrected chi connectivity index (χ1v) is 14.2.